The average Bonchev–Trinajstić information content (AvgIpc) is 2.16. The number of aryl methyl sites for hydroxylation is 1. The van der Waals surface area contributed by atoms with Crippen molar-refractivity contribution >= 4 is 5.78 Å². The second-order valence-electron chi connectivity index (χ2n) is 4.05. The SMILES string of the molecule is COc1cc(C)ccc1C(C)CC(C)=O. The predicted octanol–water partition coefficient (Wildman–Crippen LogP) is 3.09. The Morgan fingerprint density at radius 3 is 2.67 bits per heavy atom. The molecule has 0 fully saturated rings. The van der Waals surface area contributed by atoms with Gasteiger partial charge in [0, 0.05) is 6.42 Å². The lowest BCUT2D eigenvalue weighted by atomic mass is 9.94. The quantitative estimate of drug-likeness (QED) is 0.756. The Hall–Kier alpha value is -1.31. The summed E-state index contributed by atoms with van der Waals surface area (Å²) in [5.41, 5.74) is 2.28. The number of rotatable bonds is 4. The van der Waals surface area contributed by atoms with Crippen LogP contribution in [0.4, 0.5) is 0 Å². The molecule has 0 amide bonds. The van der Waals surface area contributed by atoms with Crippen LogP contribution in [0.5, 0.6) is 5.75 Å². The van der Waals surface area contributed by atoms with E-state index in [2.05, 4.69) is 13.0 Å². The number of Topliss-reactive ketones (excluding diaryl/α,β-unsaturated/α-hetero) is 1. The largest absolute Gasteiger partial charge is 0.496 e. The molecule has 0 aromatic heterocycles. The summed E-state index contributed by atoms with van der Waals surface area (Å²) in [6, 6.07) is 6.10. The Kier molecular flexibility index (Phi) is 3.89. The van der Waals surface area contributed by atoms with Crippen molar-refractivity contribution < 1.29 is 9.53 Å². The number of carbonyl (C=O) groups is 1. The number of ketones is 1. The Labute approximate surface area is 91.3 Å². The first-order valence-electron chi connectivity index (χ1n) is 5.18. The molecule has 0 saturated heterocycles. The van der Waals surface area contributed by atoms with Gasteiger partial charge in [-0.2, -0.15) is 0 Å². The first-order valence-corrected chi connectivity index (χ1v) is 5.18. The molecule has 1 rings (SSSR count). The molecule has 82 valence electrons. The van der Waals surface area contributed by atoms with Gasteiger partial charge in [0.2, 0.25) is 0 Å². The highest BCUT2D eigenvalue weighted by Crippen LogP contribution is 2.29. The van der Waals surface area contributed by atoms with E-state index in [1.54, 1.807) is 14.0 Å². The second-order valence-corrected chi connectivity index (χ2v) is 4.05. The zero-order valence-electron chi connectivity index (χ0n) is 9.83. The van der Waals surface area contributed by atoms with E-state index in [9.17, 15) is 4.79 Å². The van der Waals surface area contributed by atoms with Crippen LogP contribution in [0.2, 0.25) is 0 Å². The second kappa shape index (κ2) is 4.96. The smallest absolute Gasteiger partial charge is 0.130 e. The third-order valence-corrected chi connectivity index (χ3v) is 2.51. The Balaban J connectivity index is 2.97. The fourth-order valence-electron chi connectivity index (χ4n) is 1.77. The molecule has 0 bridgehead atoms. The van der Waals surface area contributed by atoms with Crippen LogP contribution in [0, 0.1) is 6.92 Å². The van der Waals surface area contributed by atoms with Crippen LogP contribution < -0.4 is 4.74 Å². The molecule has 0 heterocycles. The molecule has 1 atom stereocenters. The molecule has 0 spiro atoms. The van der Waals surface area contributed by atoms with Gasteiger partial charge in [0.1, 0.15) is 11.5 Å². The molecule has 2 nitrogen and oxygen atoms in total. The van der Waals surface area contributed by atoms with Gasteiger partial charge in [-0.05, 0) is 37.0 Å². The van der Waals surface area contributed by atoms with Crippen LogP contribution in [-0.2, 0) is 4.79 Å². The van der Waals surface area contributed by atoms with E-state index in [1.165, 1.54) is 5.56 Å². The zero-order chi connectivity index (χ0) is 11.4. The standard InChI is InChI=1S/C13H18O2/c1-9-5-6-12(13(7-9)15-4)10(2)8-11(3)14/h5-7,10H,8H2,1-4H3. The van der Waals surface area contributed by atoms with Crippen LogP contribution in [0.3, 0.4) is 0 Å². The third-order valence-electron chi connectivity index (χ3n) is 2.51. The lowest BCUT2D eigenvalue weighted by Crippen LogP contribution is -2.02. The van der Waals surface area contributed by atoms with Crippen molar-refractivity contribution in [3.8, 4) is 5.75 Å². The fourth-order valence-corrected chi connectivity index (χ4v) is 1.77. The molecular weight excluding hydrogens is 188 g/mol. The minimum atomic E-state index is 0.213. The summed E-state index contributed by atoms with van der Waals surface area (Å²) in [4.78, 5) is 11.1. The van der Waals surface area contributed by atoms with Gasteiger partial charge in [-0.25, -0.2) is 0 Å². The summed E-state index contributed by atoms with van der Waals surface area (Å²) in [6.07, 6.45) is 0.569. The first kappa shape index (κ1) is 11.8. The number of carbonyl (C=O) groups excluding carboxylic acids is 1. The molecular formula is C13H18O2. The van der Waals surface area contributed by atoms with E-state index < -0.39 is 0 Å². The summed E-state index contributed by atoms with van der Waals surface area (Å²) in [5.74, 6) is 1.31. The number of hydrogen-bond acceptors (Lipinski definition) is 2. The highest BCUT2D eigenvalue weighted by atomic mass is 16.5. The highest BCUT2D eigenvalue weighted by molar-refractivity contribution is 5.76. The maximum absolute atomic E-state index is 11.1. The molecule has 1 aromatic carbocycles. The molecule has 0 saturated carbocycles. The van der Waals surface area contributed by atoms with Gasteiger partial charge < -0.3 is 9.53 Å². The van der Waals surface area contributed by atoms with Gasteiger partial charge in [-0.3, -0.25) is 0 Å². The Morgan fingerprint density at radius 1 is 1.47 bits per heavy atom. The summed E-state index contributed by atoms with van der Waals surface area (Å²) in [7, 11) is 1.67. The van der Waals surface area contributed by atoms with Gasteiger partial charge in [0.15, 0.2) is 0 Å². The summed E-state index contributed by atoms with van der Waals surface area (Å²) in [6.45, 7) is 5.70. The zero-order valence-corrected chi connectivity index (χ0v) is 9.83. The van der Waals surface area contributed by atoms with Gasteiger partial charge in [0.05, 0.1) is 7.11 Å². The van der Waals surface area contributed by atoms with E-state index in [4.69, 9.17) is 4.74 Å². The van der Waals surface area contributed by atoms with E-state index in [1.807, 2.05) is 19.1 Å². The van der Waals surface area contributed by atoms with Crippen molar-refractivity contribution in [2.75, 3.05) is 7.11 Å². The average molecular weight is 206 g/mol. The van der Waals surface area contributed by atoms with Crippen LogP contribution >= 0.6 is 0 Å². The topological polar surface area (TPSA) is 26.3 Å². The molecule has 0 aliphatic heterocycles. The lowest BCUT2D eigenvalue weighted by Gasteiger charge is -2.14. The van der Waals surface area contributed by atoms with Crippen molar-refractivity contribution in [2.24, 2.45) is 0 Å². The monoisotopic (exact) mass is 206 g/mol. The number of ether oxygens (including phenoxy) is 1. The summed E-state index contributed by atoms with van der Waals surface area (Å²) >= 11 is 0. The van der Waals surface area contributed by atoms with E-state index in [0.717, 1.165) is 11.3 Å². The van der Waals surface area contributed by atoms with Crippen molar-refractivity contribution in [1.82, 2.24) is 0 Å². The number of hydrogen-bond donors (Lipinski definition) is 0. The van der Waals surface area contributed by atoms with Gasteiger partial charge in [0.25, 0.3) is 0 Å². The van der Waals surface area contributed by atoms with Crippen LogP contribution in [-0.4, -0.2) is 12.9 Å². The third kappa shape index (κ3) is 3.08. The molecule has 1 aromatic rings. The van der Waals surface area contributed by atoms with Crippen LogP contribution in [0.25, 0.3) is 0 Å². The van der Waals surface area contributed by atoms with Crippen LogP contribution in [0.15, 0.2) is 18.2 Å². The molecule has 2 heteroatoms. The number of methoxy groups -OCH3 is 1. The maximum atomic E-state index is 11.1. The maximum Gasteiger partial charge on any atom is 0.130 e. The van der Waals surface area contributed by atoms with Gasteiger partial charge in [-0.15, -0.1) is 0 Å². The normalized spacial score (nSPS) is 12.3. The van der Waals surface area contributed by atoms with Crippen LogP contribution in [0.1, 0.15) is 37.3 Å². The van der Waals surface area contributed by atoms with Crippen molar-refractivity contribution in [3.63, 3.8) is 0 Å². The first-order chi connectivity index (χ1) is 7.04. The van der Waals surface area contributed by atoms with Crippen molar-refractivity contribution in [3.05, 3.63) is 29.3 Å². The predicted molar refractivity (Wildman–Crippen MR) is 61.4 cm³/mol. The van der Waals surface area contributed by atoms with E-state index in [0.29, 0.717) is 6.42 Å². The van der Waals surface area contributed by atoms with Gasteiger partial charge >= 0.3 is 0 Å². The van der Waals surface area contributed by atoms with E-state index in [-0.39, 0.29) is 11.7 Å². The van der Waals surface area contributed by atoms with Gasteiger partial charge in [-0.1, -0.05) is 19.1 Å². The molecule has 0 N–H and O–H groups in total. The van der Waals surface area contributed by atoms with Crippen molar-refractivity contribution in [1.29, 1.82) is 0 Å². The minimum absolute atomic E-state index is 0.213. The Bertz CT molecular complexity index is 356. The lowest BCUT2D eigenvalue weighted by molar-refractivity contribution is -0.117. The fraction of sp³-hybridized carbons (Fsp3) is 0.462. The molecule has 15 heavy (non-hydrogen) atoms. The summed E-state index contributed by atoms with van der Waals surface area (Å²) in [5, 5.41) is 0. The molecule has 0 aliphatic rings. The van der Waals surface area contributed by atoms with Crippen molar-refractivity contribution in [2.45, 2.75) is 33.1 Å². The minimum Gasteiger partial charge on any atom is -0.496 e. The molecule has 0 aliphatic carbocycles. The highest BCUT2D eigenvalue weighted by Gasteiger charge is 2.13. The Morgan fingerprint density at radius 2 is 2.13 bits per heavy atom. The molecule has 0 radical (unpaired) electrons. The van der Waals surface area contributed by atoms with E-state index >= 15 is 0 Å². The summed E-state index contributed by atoms with van der Waals surface area (Å²) < 4.78 is 5.32. The number of benzene rings is 1. The molecule has 1 unspecified atom stereocenters.